The fourth-order valence-corrected chi connectivity index (χ4v) is 5.48. The summed E-state index contributed by atoms with van der Waals surface area (Å²) in [6, 6.07) is 6.23. The lowest BCUT2D eigenvalue weighted by Crippen LogP contribution is -2.49. The Hall–Kier alpha value is -2.36. The van der Waals surface area contributed by atoms with Gasteiger partial charge in [-0.25, -0.2) is 4.79 Å². The summed E-state index contributed by atoms with van der Waals surface area (Å²) in [4.78, 5) is 24.6. The van der Waals surface area contributed by atoms with Gasteiger partial charge >= 0.3 is 6.03 Å². The van der Waals surface area contributed by atoms with E-state index in [1.54, 1.807) is 7.11 Å². The van der Waals surface area contributed by atoms with E-state index in [9.17, 15) is 4.79 Å². The molecule has 2 aromatic rings. The van der Waals surface area contributed by atoms with Crippen LogP contribution in [0, 0.1) is 0 Å². The fraction of sp³-hybridized carbons (Fsp3) is 0.654. The second-order valence-electron chi connectivity index (χ2n) is 10.9. The maximum atomic E-state index is 13.3. The Bertz CT molecular complexity index is 1090. The molecule has 1 aromatic heterocycles. The Kier molecular flexibility index (Phi) is 6.91. The van der Waals surface area contributed by atoms with Gasteiger partial charge in [-0.05, 0) is 51.7 Å². The number of carbonyl (C=O) groups excluding carboxylic acids is 1. The molecule has 36 heavy (non-hydrogen) atoms. The van der Waals surface area contributed by atoms with Gasteiger partial charge in [-0.2, -0.15) is 4.98 Å². The summed E-state index contributed by atoms with van der Waals surface area (Å²) in [6.45, 7) is 11.6. The number of likely N-dealkylation sites (tertiary alicyclic amines) is 1. The number of urea groups is 1. The number of anilines is 2. The number of nitrogens with one attached hydrogen (secondary N) is 1. The monoisotopic (exact) mass is 516 g/mol. The van der Waals surface area contributed by atoms with Gasteiger partial charge in [0.05, 0.1) is 16.4 Å². The zero-order valence-electron chi connectivity index (χ0n) is 21.7. The molecule has 0 unspecified atom stereocenters. The minimum Gasteiger partial charge on any atom is -0.368 e. The average molecular weight is 517 g/mol. The van der Waals surface area contributed by atoms with E-state index in [1.807, 2.05) is 23.1 Å². The first-order chi connectivity index (χ1) is 17.2. The highest BCUT2D eigenvalue weighted by atomic mass is 35.5. The van der Waals surface area contributed by atoms with Crippen molar-refractivity contribution in [3.63, 3.8) is 0 Å². The van der Waals surface area contributed by atoms with E-state index in [0.29, 0.717) is 41.6 Å². The van der Waals surface area contributed by atoms with E-state index in [0.717, 1.165) is 57.5 Å². The van der Waals surface area contributed by atoms with E-state index in [-0.39, 0.29) is 11.4 Å². The first-order valence-electron chi connectivity index (χ1n) is 13.0. The van der Waals surface area contributed by atoms with Crippen molar-refractivity contribution in [1.82, 2.24) is 19.9 Å². The Morgan fingerprint density at radius 1 is 1.11 bits per heavy atom. The van der Waals surface area contributed by atoms with Crippen molar-refractivity contribution in [2.75, 3.05) is 56.6 Å². The topological polar surface area (TPSA) is 87.0 Å². The maximum Gasteiger partial charge on any atom is 0.321 e. The van der Waals surface area contributed by atoms with Gasteiger partial charge in [0.2, 0.25) is 0 Å². The number of halogens is 1. The number of piperazine rings is 1. The van der Waals surface area contributed by atoms with Crippen LogP contribution >= 0.6 is 11.6 Å². The van der Waals surface area contributed by atoms with Crippen LogP contribution in [-0.2, 0) is 15.8 Å². The summed E-state index contributed by atoms with van der Waals surface area (Å²) >= 11 is 6.58. The molecule has 0 radical (unpaired) electrons. The number of para-hydroxylation sites is 1. The molecule has 3 fully saturated rings. The van der Waals surface area contributed by atoms with Gasteiger partial charge < -0.3 is 24.4 Å². The quantitative estimate of drug-likeness (QED) is 0.606. The van der Waals surface area contributed by atoms with Crippen LogP contribution in [0.3, 0.4) is 0 Å². The molecule has 2 aliphatic heterocycles. The van der Waals surface area contributed by atoms with Crippen LogP contribution in [0.5, 0.6) is 0 Å². The molecule has 1 aliphatic carbocycles. The van der Waals surface area contributed by atoms with Crippen LogP contribution in [-0.4, -0.2) is 78.4 Å². The number of benzene rings is 1. The summed E-state index contributed by atoms with van der Waals surface area (Å²) in [5, 5.41) is 7.96. The molecule has 2 amide bonds. The van der Waals surface area contributed by atoms with Crippen LogP contribution in [0.1, 0.15) is 58.2 Å². The van der Waals surface area contributed by atoms with Crippen molar-refractivity contribution in [2.24, 2.45) is 0 Å². The van der Waals surface area contributed by atoms with Crippen molar-refractivity contribution in [1.29, 1.82) is 0 Å². The molecule has 1 saturated carbocycles. The van der Waals surface area contributed by atoms with E-state index in [1.165, 1.54) is 0 Å². The number of aromatic nitrogens is 2. The summed E-state index contributed by atoms with van der Waals surface area (Å²) in [7, 11) is 1.69. The minimum absolute atomic E-state index is 0.127. The highest BCUT2D eigenvalue weighted by Gasteiger charge is 2.51. The fourth-order valence-electron chi connectivity index (χ4n) is 5.26. The minimum atomic E-state index is -0.393. The molecule has 0 spiro atoms. The number of hydrogen-bond donors (Lipinski definition) is 1. The molecule has 0 bridgehead atoms. The van der Waals surface area contributed by atoms with Crippen LogP contribution in [0.15, 0.2) is 22.7 Å². The number of carbonyl (C=O) groups is 1. The number of piperidine rings is 1. The molecular formula is C26H37ClN6O3. The standard InChI is InChI=1S/C26H37ClN6O3/c1-18(2)31-14-16-32(17-15-31)20-7-5-6-19(27)21(20)28-24(34)33-12-10-25(3,11-13-33)22-29-23(36-30-22)26(35-4)8-9-26/h5-7,18H,8-17H2,1-4H3,(H,28,34). The predicted octanol–water partition coefficient (Wildman–Crippen LogP) is 4.47. The van der Waals surface area contributed by atoms with Crippen molar-refractivity contribution in [3.05, 3.63) is 34.9 Å². The third-order valence-corrected chi connectivity index (χ3v) is 8.53. The first-order valence-corrected chi connectivity index (χ1v) is 13.4. The first kappa shape index (κ1) is 25.3. The molecule has 0 atom stereocenters. The van der Waals surface area contributed by atoms with Gasteiger partial charge in [0.15, 0.2) is 5.82 Å². The lowest BCUT2D eigenvalue weighted by Gasteiger charge is -2.39. The molecule has 9 nitrogen and oxygen atoms in total. The molecule has 5 rings (SSSR count). The lowest BCUT2D eigenvalue weighted by molar-refractivity contribution is 0.0492. The van der Waals surface area contributed by atoms with Gasteiger partial charge in [0, 0.05) is 57.8 Å². The summed E-state index contributed by atoms with van der Waals surface area (Å²) in [6.07, 6.45) is 3.33. The van der Waals surface area contributed by atoms with E-state index in [2.05, 4.69) is 41.0 Å². The van der Waals surface area contributed by atoms with E-state index >= 15 is 0 Å². The second-order valence-corrected chi connectivity index (χ2v) is 11.3. The number of methoxy groups -OCH3 is 1. The van der Waals surface area contributed by atoms with Crippen LogP contribution in [0.2, 0.25) is 5.02 Å². The number of nitrogens with zero attached hydrogens (tertiary/aromatic N) is 5. The van der Waals surface area contributed by atoms with Crippen molar-refractivity contribution < 1.29 is 14.1 Å². The molecule has 1 aromatic carbocycles. The summed E-state index contributed by atoms with van der Waals surface area (Å²) in [5.74, 6) is 1.27. The summed E-state index contributed by atoms with van der Waals surface area (Å²) < 4.78 is 11.1. The number of amides is 2. The molecule has 3 aliphatic rings. The number of hydrogen-bond acceptors (Lipinski definition) is 7. The van der Waals surface area contributed by atoms with Crippen molar-refractivity contribution in [2.45, 2.75) is 63.5 Å². The van der Waals surface area contributed by atoms with E-state index in [4.69, 9.17) is 25.8 Å². The molecule has 196 valence electrons. The van der Waals surface area contributed by atoms with Crippen LogP contribution in [0.25, 0.3) is 0 Å². The van der Waals surface area contributed by atoms with Crippen molar-refractivity contribution >= 4 is 29.0 Å². The van der Waals surface area contributed by atoms with Gasteiger partial charge in [-0.1, -0.05) is 29.7 Å². The molecular weight excluding hydrogens is 480 g/mol. The third kappa shape index (κ3) is 4.80. The largest absolute Gasteiger partial charge is 0.368 e. The predicted molar refractivity (Wildman–Crippen MR) is 140 cm³/mol. The number of rotatable bonds is 6. The zero-order chi connectivity index (χ0) is 25.5. The van der Waals surface area contributed by atoms with Gasteiger partial charge in [-0.15, -0.1) is 0 Å². The third-order valence-electron chi connectivity index (χ3n) is 8.21. The van der Waals surface area contributed by atoms with Gasteiger partial charge in [0.25, 0.3) is 5.89 Å². The van der Waals surface area contributed by atoms with Gasteiger partial charge in [-0.3, -0.25) is 4.90 Å². The van der Waals surface area contributed by atoms with Crippen molar-refractivity contribution in [3.8, 4) is 0 Å². The normalized spacial score (nSPS) is 21.6. The Morgan fingerprint density at radius 2 is 1.81 bits per heavy atom. The Balaban J connectivity index is 1.22. The molecule has 1 N–H and O–H groups in total. The Labute approximate surface area is 218 Å². The van der Waals surface area contributed by atoms with Crippen LogP contribution < -0.4 is 10.2 Å². The Morgan fingerprint density at radius 3 is 2.42 bits per heavy atom. The highest BCUT2D eigenvalue weighted by Crippen LogP contribution is 2.48. The zero-order valence-corrected chi connectivity index (χ0v) is 22.5. The maximum absolute atomic E-state index is 13.3. The van der Waals surface area contributed by atoms with E-state index < -0.39 is 5.60 Å². The highest BCUT2D eigenvalue weighted by molar-refractivity contribution is 6.34. The van der Waals surface area contributed by atoms with Crippen LogP contribution in [0.4, 0.5) is 16.2 Å². The molecule has 10 heteroatoms. The second kappa shape index (κ2) is 9.84. The summed E-state index contributed by atoms with van der Waals surface area (Å²) in [5.41, 5.74) is 1.03. The SMILES string of the molecule is COC1(c2nc(C3(C)CCN(C(=O)Nc4c(Cl)cccc4N4CCN(C(C)C)CC4)CC3)no2)CC1. The molecule has 2 saturated heterocycles. The van der Waals surface area contributed by atoms with Gasteiger partial charge in [0.1, 0.15) is 5.60 Å². The number of ether oxygens (including phenoxy) is 1. The lowest BCUT2D eigenvalue weighted by atomic mass is 9.80. The molecule has 3 heterocycles. The smallest absolute Gasteiger partial charge is 0.321 e. The average Bonchev–Trinajstić information content (AvgIpc) is 3.51.